The zero-order valence-electron chi connectivity index (χ0n) is 19.8. The van der Waals surface area contributed by atoms with E-state index in [2.05, 4.69) is 20.3 Å². The van der Waals surface area contributed by atoms with E-state index in [-0.39, 0.29) is 12.4 Å². The van der Waals surface area contributed by atoms with Crippen LogP contribution in [-0.2, 0) is 11.2 Å². The quantitative estimate of drug-likeness (QED) is 0.334. The first-order valence-electron chi connectivity index (χ1n) is 11.4. The monoisotopic (exact) mass is 517 g/mol. The fourth-order valence-electron chi connectivity index (χ4n) is 4.30. The number of nitrogens with one attached hydrogen (secondary N) is 1. The van der Waals surface area contributed by atoms with Crippen LogP contribution >= 0.6 is 11.3 Å². The number of thiazole rings is 1. The maximum absolute atomic E-state index is 15.0. The molecule has 5 aromatic rings. The van der Waals surface area contributed by atoms with E-state index in [1.54, 1.807) is 31.6 Å². The third kappa shape index (κ3) is 4.38. The van der Waals surface area contributed by atoms with Crippen LogP contribution < -0.4 is 14.8 Å². The highest BCUT2D eigenvalue weighted by molar-refractivity contribution is 7.22. The highest BCUT2D eigenvalue weighted by atomic mass is 32.1. The Bertz CT molecular complexity index is 1660. The van der Waals surface area contributed by atoms with Gasteiger partial charge in [0, 0.05) is 29.8 Å². The van der Waals surface area contributed by atoms with E-state index >= 15 is 0 Å². The second kappa shape index (κ2) is 9.25. The van der Waals surface area contributed by atoms with Gasteiger partial charge in [-0.3, -0.25) is 10.3 Å². The van der Waals surface area contributed by atoms with Crippen LogP contribution in [0.1, 0.15) is 11.1 Å². The smallest absolute Gasteiger partial charge is 0.411 e. The van der Waals surface area contributed by atoms with Crippen LogP contribution in [0.5, 0.6) is 11.6 Å². The summed E-state index contributed by atoms with van der Waals surface area (Å²) in [6.45, 7) is 1.94. The summed E-state index contributed by atoms with van der Waals surface area (Å²) in [5, 5.41) is 3.30. The number of aryl methyl sites for hydroxylation is 1. The van der Waals surface area contributed by atoms with E-state index in [0.717, 1.165) is 15.8 Å². The molecule has 1 aliphatic heterocycles. The lowest BCUT2D eigenvalue weighted by Gasteiger charge is -2.12. The van der Waals surface area contributed by atoms with E-state index in [1.165, 1.54) is 23.6 Å². The van der Waals surface area contributed by atoms with Crippen molar-refractivity contribution in [1.29, 1.82) is 0 Å². The standard InChI is InChI=1S/C26H20FN5O4S/c1-13-6-16(22-19(7-13)31-21(34-2)11-29-22)25-32-20-9-18(27)23-17(24(20)37-25)8-15(36-23)12-35-26(33)30-14-4-3-5-28-10-14/h3-7,9-11,15H,8,12H2,1-2H3,(H,30,33)/t15-/m1/s1. The molecule has 11 heteroatoms. The van der Waals surface area contributed by atoms with Crippen molar-refractivity contribution < 1.29 is 23.4 Å². The number of hydrogen-bond donors (Lipinski definition) is 1. The van der Waals surface area contributed by atoms with Crippen LogP contribution in [0.2, 0.25) is 0 Å². The molecule has 1 aliphatic rings. The van der Waals surface area contributed by atoms with Crippen molar-refractivity contribution in [3.8, 4) is 22.2 Å². The van der Waals surface area contributed by atoms with Crippen molar-refractivity contribution in [3.63, 3.8) is 0 Å². The molecular weight excluding hydrogens is 497 g/mol. The van der Waals surface area contributed by atoms with Crippen molar-refractivity contribution in [2.75, 3.05) is 19.0 Å². The molecule has 0 radical (unpaired) electrons. The number of rotatable bonds is 5. The number of amides is 1. The number of fused-ring (bicyclic) bond motifs is 4. The number of hydrogen-bond acceptors (Lipinski definition) is 9. The van der Waals surface area contributed by atoms with E-state index in [0.29, 0.717) is 45.1 Å². The molecule has 1 amide bonds. The lowest BCUT2D eigenvalue weighted by molar-refractivity contribution is 0.100. The third-order valence-electron chi connectivity index (χ3n) is 5.91. The van der Waals surface area contributed by atoms with Crippen LogP contribution in [0, 0.1) is 12.7 Å². The molecule has 1 atom stereocenters. The Morgan fingerprint density at radius 1 is 1.24 bits per heavy atom. The molecule has 0 aliphatic carbocycles. The topological polar surface area (TPSA) is 108 Å². The van der Waals surface area contributed by atoms with E-state index in [9.17, 15) is 9.18 Å². The molecule has 6 rings (SSSR count). The summed E-state index contributed by atoms with van der Waals surface area (Å²) in [5.41, 5.74) is 4.94. The fourth-order valence-corrected chi connectivity index (χ4v) is 5.42. The molecule has 0 spiro atoms. The Morgan fingerprint density at radius 2 is 2.14 bits per heavy atom. The number of halogens is 1. The van der Waals surface area contributed by atoms with Crippen molar-refractivity contribution in [2.24, 2.45) is 0 Å². The summed E-state index contributed by atoms with van der Waals surface area (Å²) in [5.74, 6) is 0.0932. The summed E-state index contributed by atoms with van der Waals surface area (Å²) < 4.78 is 32.1. The molecular formula is C26H20FN5O4S. The van der Waals surface area contributed by atoms with E-state index in [4.69, 9.17) is 19.2 Å². The number of carbonyl (C=O) groups is 1. The molecule has 37 heavy (non-hydrogen) atoms. The van der Waals surface area contributed by atoms with Gasteiger partial charge in [-0.1, -0.05) is 0 Å². The minimum atomic E-state index is -0.637. The number of anilines is 1. The molecule has 2 aromatic carbocycles. The number of aromatic nitrogens is 4. The van der Waals surface area contributed by atoms with E-state index in [1.807, 2.05) is 19.1 Å². The van der Waals surface area contributed by atoms with Gasteiger partial charge in [-0.2, -0.15) is 0 Å². The largest absolute Gasteiger partial charge is 0.483 e. The Balaban J connectivity index is 1.27. The highest BCUT2D eigenvalue weighted by Crippen LogP contribution is 2.43. The van der Waals surface area contributed by atoms with Crippen LogP contribution in [0.4, 0.5) is 14.9 Å². The molecule has 0 bridgehead atoms. The number of ether oxygens (including phenoxy) is 3. The SMILES string of the molecule is COc1cnc2c(-c3nc4cc(F)c5c(c4s3)C[C@H](COC(=O)Nc3cccnc3)O5)cc(C)cc2n1. The average molecular weight is 518 g/mol. The Labute approximate surface area is 214 Å². The predicted molar refractivity (Wildman–Crippen MR) is 137 cm³/mol. The molecule has 0 fully saturated rings. The average Bonchev–Trinajstić information content (AvgIpc) is 3.52. The highest BCUT2D eigenvalue weighted by Gasteiger charge is 2.31. The second-order valence-corrected chi connectivity index (χ2v) is 9.53. The molecule has 9 nitrogen and oxygen atoms in total. The number of benzene rings is 2. The molecule has 0 unspecified atom stereocenters. The Morgan fingerprint density at radius 3 is 2.95 bits per heavy atom. The zero-order chi connectivity index (χ0) is 25.5. The number of pyridine rings is 1. The maximum atomic E-state index is 15.0. The van der Waals surface area contributed by atoms with Crippen LogP contribution in [0.3, 0.4) is 0 Å². The first-order valence-corrected chi connectivity index (χ1v) is 12.2. The molecule has 0 saturated heterocycles. The van der Waals surface area contributed by atoms with Gasteiger partial charge in [-0.05, 0) is 36.8 Å². The van der Waals surface area contributed by atoms with Crippen LogP contribution in [0.25, 0.3) is 31.8 Å². The second-order valence-electron chi connectivity index (χ2n) is 8.54. The normalized spacial score (nSPS) is 14.4. The number of methoxy groups -OCH3 is 1. The fraction of sp³-hybridized carbons (Fsp3) is 0.192. The van der Waals surface area contributed by atoms with Gasteiger partial charge in [-0.15, -0.1) is 11.3 Å². The third-order valence-corrected chi connectivity index (χ3v) is 7.08. The Hall–Kier alpha value is -4.38. The summed E-state index contributed by atoms with van der Waals surface area (Å²) >= 11 is 1.44. The van der Waals surface area contributed by atoms with Crippen LogP contribution in [-0.4, -0.2) is 45.8 Å². The maximum Gasteiger partial charge on any atom is 0.411 e. The predicted octanol–water partition coefficient (Wildman–Crippen LogP) is 5.31. The molecule has 3 aromatic heterocycles. The van der Waals surface area contributed by atoms with Crippen molar-refractivity contribution in [1.82, 2.24) is 19.9 Å². The van der Waals surface area contributed by atoms with Gasteiger partial charge in [-0.25, -0.2) is 24.1 Å². The minimum absolute atomic E-state index is 0.0344. The van der Waals surface area contributed by atoms with Gasteiger partial charge in [0.25, 0.3) is 0 Å². The summed E-state index contributed by atoms with van der Waals surface area (Å²) in [4.78, 5) is 29.8. The van der Waals surface area contributed by atoms with Gasteiger partial charge in [0.1, 0.15) is 17.7 Å². The first kappa shape index (κ1) is 23.0. The molecule has 1 N–H and O–H groups in total. The molecule has 0 saturated carbocycles. The minimum Gasteiger partial charge on any atom is -0.483 e. The van der Waals surface area contributed by atoms with Crippen molar-refractivity contribution >= 4 is 44.4 Å². The van der Waals surface area contributed by atoms with Gasteiger partial charge >= 0.3 is 6.09 Å². The van der Waals surface area contributed by atoms with E-state index < -0.39 is 18.0 Å². The van der Waals surface area contributed by atoms with Gasteiger partial charge in [0.2, 0.25) is 5.88 Å². The summed E-state index contributed by atoms with van der Waals surface area (Å²) in [7, 11) is 1.54. The van der Waals surface area contributed by atoms with Crippen LogP contribution in [0.15, 0.2) is 48.9 Å². The summed E-state index contributed by atoms with van der Waals surface area (Å²) in [6, 6.07) is 8.70. The van der Waals surface area contributed by atoms with Gasteiger partial charge in [0.15, 0.2) is 11.6 Å². The number of carbonyl (C=O) groups excluding carboxylic acids is 1. The lowest BCUT2D eigenvalue weighted by atomic mass is 10.1. The van der Waals surface area contributed by atoms with Gasteiger partial charge in [0.05, 0.1) is 46.4 Å². The summed E-state index contributed by atoms with van der Waals surface area (Å²) in [6.07, 6.45) is 3.91. The number of nitrogens with zero attached hydrogens (tertiary/aromatic N) is 4. The van der Waals surface area contributed by atoms with Crippen molar-refractivity contribution in [2.45, 2.75) is 19.4 Å². The zero-order valence-corrected chi connectivity index (χ0v) is 20.6. The Kier molecular flexibility index (Phi) is 5.76. The first-order chi connectivity index (χ1) is 18.0. The molecule has 4 heterocycles. The van der Waals surface area contributed by atoms with Crippen molar-refractivity contribution in [3.05, 3.63) is 65.9 Å². The van der Waals surface area contributed by atoms with Gasteiger partial charge < -0.3 is 14.2 Å². The lowest BCUT2D eigenvalue weighted by Crippen LogP contribution is -2.25. The molecule has 186 valence electrons.